The predicted molar refractivity (Wildman–Crippen MR) is 72.6 cm³/mol. The third kappa shape index (κ3) is 3.01. The van der Waals surface area contributed by atoms with Crippen LogP contribution in [0.1, 0.15) is 31.4 Å². The standard InChI is InChI=1S/C15H23NO/c1-11(2)15(10-17-3)16-14-8-7-12-5-4-6-13(12)9-14/h7-9,11,15-16H,4-6,10H2,1-3H3. The van der Waals surface area contributed by atoms with Gasteiger partial charge in [0.15, 0.2) is 0 Å². The molecule has 2 heteroatoms. The first-order valence-electron chi connectivity index (χ1n) is 6.58. The molecule has 1 aromatic carbocycles. The number of anilines is 1. The molecule has 0 heterocycles. The van der Waals surface area contributed by atoms with Gasteiger partial charge in [0.2, 0.25) is 0 Å². The number of nitrogens with one attached hydrogen (secondary N) is 1. The molecule has 2 rings (SSSR count). The molecule has 0 amide bonds. The number of hydrogen-bond donors (Lipinski definition) is 1. The van der Waals surface area contributed by atoms with E-state index in [-0.39, 0.29) is 0 Å². The Morgan fingerprint density at radius 1 is 1.24 bits per heavy atom. The Labute approximate surface area is 104 Å². The van der Waals surface area contributed by atoms with Gasteiger partial charge in [-0.1, -0.05) is 19.9 Å². The Bertz CT molecular complexity index is 373. The van der Waals surface area contributed by atoms with Gasteiger partial charge in [0, 0.05) is 12.8 Å². The number of fused-ring (bicyclic) bond motifs is 1. The SMILES string of the molecule is COCC(Nc1ccc2c(c1)CCC2)C(C)C. The third-order valence-corrected chi connectivity index (χ3v) is 3.60. The smallest absolute Gasteiger partial charge is 0.0666 e. The first kappa shape index (κ1) is 12.4. The van der Waals surface area contributed by atoms with E-state index in [1.54, 1.807) is 7.11 Å². The van der Waals surface area contributed by atoms with Gasteiger partial charge in [0.05, 0.1) is 12.6 Å². The van der Waals surface area contributed by atoms with Crippen LogP contribution in [0.15, 0.2) is 18.2 Å². The number of hydrogen-bond acceptors (Lipinski definition) is 2. The van der Waals surface area contributed by atoms with E-state index in [9.17, 15) is 0 Å². The molecule has 0 radical (unpaired) electrons. The number of aryl methyl sites for hydroxylation is 2. The zero-order valence-corrected chi connectivity index (χ0v) is 11.1. The number of methoxy groups -OCH3 is 1. The topological polar surface area (TPSA) is 21.3 Å². The third-order valence-electron chi connectivity index (χ3n) is 3.60. The monoisotopic (exact) mass is 233 g/mol. The van der Waals surface area contributed by atoms with Crippen molar-refractivity contribution in [2.75, 3.05) is 19.0 Å². The van der Waals surface area contributed by atoms with Gasteiger partial charge in [-0.3, -0.25) is 0 Å². The second kappa shape index (κ2) is 5.54. The highest BCUT2D eigenvalue weighted by atomic mass is 16.5. The van der Waals surface area contributed by atoms with Crippen molar-refractivity contribution >= 4 is 5.69 Å². The van der Waals surface area contributed by atoms with Crippen LogP contribution < -0.4 is 5.32 Å². The van der Waals surface area contributed by atoms with E-state index in [0.717, 1.165) is 6.61 Å². The summed E-state index contributed by atoms with van der Waals surface area (Å²) in [5.41, 5.74) is 4.29. The van der Waals surface area contributed by atoms with Crippen LogP contribution in [0.4, 0.5) is 5.69 Å². The summed E-state index contributed by atoms with van der Waals surface area (Å²) in [5, 5.41) is 3.58. The molecule has 0 aromatic heterocycles. The molecule has 1 N–H and O–H groups in total. The molecule has 17 heavy (non-hydrogen) atoms. The molecule has 1 aliphatic carbocycles. The Morgan fingerprint density at radius 2 is 2.00 bits per heavy atom. The maximum Gasteiger partial charge on any atom is 0.0666 e. The summed E-state index contributed by atoms with van der Waals surface area (Å²) < 4.78 is 5.27. The lowest BCUT2D eigenvalue weighted by atomic mass is 10.0. The van der Waals surface area contributed by atoms with Crippen molar-refractivity contribution in [3.8, 4) is 0 Å². The van der Waals surface area contributed by atoms with Crippen molar-refractivity contribution in [1.29, 1.82) is 0 Å². The summed E-state index contributed by atoms with van der Waals surface area (Å²) in [7, 11) is 1.76. The second-order valence-corrected chi connectivity index (χ2v) is 5.29. The molecule has 0 saturated heterocycles. The number of ether oxygens (including phenoxy) is 1. The largest absolute Gasteiger partial charge is 0.383 e. The van der Waals surface area contributed by atoms with Crippen LogP contribution in [0.25, 0.3) is 0 Å². The summed E-state index contributed by atoms with van der Waals surface area (Å²) >= 11 is 0. The zero-order chi connectivity index (χ0) is 12.3. The van der Waals surface area contributed by atoms with Gasteiger partial charge in [0.25, 0.3) is 0 Å². The molecule has 0 bridgehead atoms. The number of rotatable bonds is 5. The van der Waals surface area contributed by atoms with E-state index in [4.69, 9.17) is 4.74 Å². The highest BCUT2D eigenvalue weighted by Crippen LogP contribution is 2.25. The highest BCUT2D eigenvalue weighted by Gasteiger charge is 2.15. The number of benzene rings is 1. The van der Waals surface area contributed by atoms with Crippen molar-refractivity contribution in [3.05, 3.63) is 29.3 Å². The summed E-state index contributed by atoms with van der Waals surface area (Å²) in [6, 6.07) is 7.18. The van der Waals surface area contributed by atoms with Gasteiger partial charge in [-0.15, -0.1) is 0 Å². The van der Waals surface area contributed by atoms with Gasteiger partial charge >= 0.3 is 0 Å². The summed E-state index contributed by atoms with van der Waals surface area (Å²) in [6.45, 7) is 5.21. The first-order chi connectivity index (χ1) is 8.20. The van der Waals surface area contributed by atoms with Crippen LogP contribution in [0, 0.1) is 5.92 Å². The van der Waals surface area contributed by atoms with Crippen molar-refractivity contribution in [2.24, 2.45) is 5.92 Å². The summed E-state index contributed by atoms with van der Waals surface area (Å²) in [5.74, 6) is 0.572. The minimum Gasteiger partial charge on any atom is -0.383 e. The average molecular weight is 233 g/mol. The first-order valence-corrected chi connectivity index (χ1v) is 6.58. The molecule has 2 nitrogen and oxygen atoms in total. The Hall–Kier alpha value is -1.02. The van der Waals surface area contributed by atoms with Crippen molar-refractivity contribution < 1.29 is 4.74 Å². The van der Waals surface area contributed by atoms with Crippen LogP contribution in [0.5, 0.6) is 0 Å². The van der Waals surface area contributed by atoms with Crippen molar-refractivity contribution in [2.45, 2.75) is 39.2 Å². The van der Waals surface area contributed by atoms with E-state index >= 15 is 0 Å². The van der Waals surface area contributed by atoms with Gasteiger partial charge in [0.1, 0.15) is 0 Å². The minimum atomic E-state index is 0.388. The summed E-state index contributed by atoms with van der Waals surface area (Å²) in [6.07, 6.45) is 3.80. The predicted octanol–water partition coefficient (Wildman–Crippen LogP) is 3.26. The van der Waals surface area contributed by atoms with Gasteiger partial charge < -0.3 is 10.1 Å². The van der Waals surface area contributed by atoms with E-state index in [2.05, 4.69) is 37.4 Å². The normalized spacial score (nSPS) is 16.0. The molecule has 1 atom stereocenters. The lowest BCUT2D eigenvalue weighted by Crippen LogP contribution is -2.30. The summed E-state index contributed by atoms with van der Waals surface area (Å²) in [4.78, 5) is 0. The molecule has 1 aromatic rings. The molecule has 94 valence electrons. The highest BCUT2D eigenvalue weighted by molar-refractivity contribution is 5.50. The van der Waals surface area contributed by atoms with E-state index < -0.39 is 0 Å². The fourth-order valence-electron chi connectivity index (χ4n) is 2.46. The van der Waals surface area contributed by atoms with Crippen LogP contribution in [0.3, 0.4) is 0 Å². The second-order valence-electron chi connectivity index (χ2n) is 5.29. The maximum absolute atomic E-state index is 5.27. The fraction of sp³-hybridized carbons (Fsp3) is 0.600. The molecule has 0 spiro atoms. The van der Waals surface area contributed by atoms with Crippen LogP contribution >= 0.6 is 0 Å². The van der Waals surface area contributed by atoms with Crippen LogP contribution in [-0.4, -0.2) is 19.8 Å². The van der Waals surface area contributed by atoms with Gasteiger partial charge in [-0.25, -0.2) is 0 Å². The minimum absolute atomic E-state index is 0.388. The Morgan fingerprint density at radius 3 is 2.71 bits per heavy atom. The van der Waals surface area contributed by atoms with Crippen molar-refractivity contribution in [3.63, 3.8) is 0 Å². The molecule has 1 unspecified atom stereocenters. The molecule has 0 saturated carbocycles. The van der Waals surface area contributed by atoms with Crippen molar-refractivity contribution in [1.82, 2.24) is 0 Å². The quantitative estimate of drug-likeness (QED) is 0.843. The lowest BCUT2D eigenvalue weighted by Gasteiger charge is -2.23. The molecule has 1 aliphatic rings. The van der Waals surface area contributed by atoms with Gasteiger partial charge in [-0.05, 0) is 48.4 Å². The molecule has 0 aliphatic heterocycles. The van der Waals surface area contributed by atoms with Gasteiger partial charge in [-0.2, -0.15) is 0 Å². The maximum atomic E-state index is 5.27. The zero-order valence-electron chi connectivity index (χ0n) is 11.1. The lowest BCUT2D eigenvalue weighted by molar-refractivity contribution is 0.171. The van der Waals surface area contributed by atoms with Crippen LogP contribution in [0.2, 0.25) is 0 Å². The Balaban J connectivity index is 2.07. The molecule has 0 fully saturated rings. The Kier molecular flexibility index (Phi) is 4.06. The van der Waals surface area contributed by atoms with E-state index in [1.807, 2.05) is 0 Å². The fourth-order valence-corrected chi connectivity index (χ4v) is 2.46. The average Bonchev–Trinajstić information content (AvgIpc) is 2.75. The van der Waals surface area contributed by atoms with E-state index in [1.165, 1.54) is 36.1 Å². The van der Waals surface area contributed by atoms with Crippen LogP contribution in [-0.2, 0) is 17.6 Å². The molecular weight excluding hydrogens is 210 g/mol. The molecular formula is C15H23NO. The van der Waals surface area contributed by atoms with E-state index in [0.29, 0.717) is 12.0 Å².